The number of sulfonamides is 1. The second-order valence-corrected chi connectivity index (χ2v) is 5.21. The first kappa shape index (κ1) is 13.7. The first-order valence-electron chi connectivity index (χ1n) is 4.24. The van der Waals surface area contributed by atoms with E-state index in [-0.39, 0.29) is 5.75 Å². The number of amides is 1. The lowest BCUT2D eigenvalue weighted by Crippen LogP contribution is -2.43. The minimum Gasteiger partial charge on any atom is -0.368 e. The van der Waals surface area contributed by atoms with E-state index in [1.165, 1.54) is 6.92 Å². The van der Waals surface area contributed by atoms with E-state index in [0.717, 1.165) is 0 Å². The molecule has 0 aromatic carbocycles. The van der Waals surface area contributed by atoms with E-state index < -0.39 is 22.0 Å². The van der Waals surface area contributed by atoms with Crippen LogP contribution in [-0.4, -0.2) is 32.0 Å². The van der Waals surface area contributed by atoms with Crippen molar-refractivity contribution in [2.75, 3.05) is 11.6 Å². The fourth-order valence-electron chi connectivity index (χ4n) is 0.773. The molecule has 0 spiro atoms. The molecule has 84 valence electrons. The number of alkyl halides is 1. The lowest BCUT2D eigenvalue weighted by molar-refractivity contribution is -0.119. The van der Waals surface area contributed by atoms with Crippen LogP contribution >= 0.6 is 11.6 Å². The molecule has 1 amide bonds. The lowest BCUT2D eigenvalue weighted by Gasteiger charge is -2.10. The summed E-state index contributed by atoms with van der Waals surface area (Å²) in [5.41, 5.74) is 4.91. The summed E-state index contributed by atoms with van der Waals surface area (Å²) in [6, 6.07) is -0.865. The molecule has 0 aliphatic heterocycles. The predicted molar refractivity (Wildman–Crippen MR) is 55.5 cm³/mol. The van der Waals surface area contributed by atoms with E-state index in [1.807, 2.05) is 0 Å². The van der Waals surface area contributed by atoms with Gasteiger partial charge in [-0.2, -0.15) is 0 Å². The van der Waals surface area contributed by atoms with Gasteiger partial charge in [0.05, 0.1) is 11.8 Å². The molecule has 0 radical (unpaired) electrons. The molecular weight excluding hydrogens is 228 g/mol. The molecule has 0 aromatic heterocycles. The Morgan fingerprint density at radius 3 is 2.50 bits per heavy atom. The largest absolute Gasteiger partial charge is 0.368 e. The maximum atomic E-state index is 11.3. The maximum absolute atomic E-state index is 11.3. The van der Waals surface area contributed by atoms with Gasteiger partial charge < -0.3 is 5.73 Å². The summed E-state index contributed by atoms with van der Waals surface area (Å²) < 4.78 is 24.7. The van der Waals surface area contributed by atoms with Crippen LogP contribution in [0.4, 0.5) is 0 Å². The monoisotopic (exact) mass is 242 g/mol. The Morgan fingerprint density at radius 1 is 1.50 bits per heavy atom. The summed E-state index contributed by atoms with van der Waals surface area (Å²) in [7, 11) is -3.41. The number of hydrogen-bond donors (Lipinski definition) is 2. The van der Waals surface area contributed by atoms with Gasteiger partial charge in [0.1, 0.15) is 0 Å². The Kier molecular flexibility index (Phi) is 6.06. The topological polar surface area (TPSA) is 89.3 Å². The summed E-state index contributed by atoms with van der Waals surface area (Å²) in [6.45, 7) is 1.40. The van der Waals surface area contributed by atoms with E-state index in [0.29, 0.717) is 18.7 Å². The second kappa shape index (κ2) is 6.21. The molecule has 0 aromatic rings. The third-order valence-electron chi connectivity index (χ3n) is 1.58. The van der Waals surface area contributed by atoms with Crippen LogP contribution in [0.5, 0.6) is 0 Å². The normalized spacial score (nSPS) is 13.9. The van der Waals surface area contributed by atoms with Gasteiger partial charge in [-0.25, -0.2) is 13.1 Å². The molecule has 0 saturated heterocycles. The number of carbonyl (C=O) groups is 1. The summed E-state index contributed by atoms with van der Waals surface area (Å²) in [5, 5.41) is 0. The highest BCUT2D eigenvalue weighted by Gasteiger charge is 2.17. The smallest absolute Gasteiger partial charge is 0.235 e. The third-order valence-corrected chi connectivity index (χ3v) is 3.39. The average molecular weight is 243 g/mol. The second-order valence-electron chi connectivity index (χ2n) is 2.96. The Balaban J connectivity index is 4.01. The van der Waals surface area contributed by atoms with Crippen LogP contribution in [0, 0.1) is 0 Å². The Hall–Kier alpha value is -0.330. The van der Waals surface area contributed by atoms with Gasteiger partial charge in [0, 0.05) is 5.88 Å². The van der Waals surface area contributed by atoms with Gasteiger partial charge in [0.15, 0.2) is 0 Å². The van der Waals surface area contributed by atoms with E-state index in [1.54, 1.807) is 0 Å². The number of hydrogen-bond acceptors (Lipinski definition) is 3. The number of primary amides is 1. The van der Waals surface area contributed by atoms with Crippen LogP contribution in [0.2, 0.25) is 0 Å². The molecule has 0 heterocycles. The first-order chi connectivity index (χ1) is 6.39. The van der Waals surface area contributed by atoms with Crippen molar-refractivity contribution in [3.05, 3.63) is 0 Å². The maximum Gasteiger partial charge on any atom is 0.235 e. The SMILES string of the molecule is CC(NS(=O)(=O)CCCCCl)C(N)=O. The highest BCUT2D eigenvalue weighted by atomic mass is 35.5. The van der Waals surface area contributed by atoms with Crippen LogP contribution in [0.15, 0.2) is 0 Å². The minimum atomic E-state index is -3.41. The van der Waals surface area contributed by atoms with E-state index in [9.17, 15) is 13.2 Å². The molecule has 0 bridgehead atoms. The predicted octanol–water partition coefficient (Wildman–Crippen LogP) is -0.201. The lowest BCUT2D eigenvalue weighted by atomic mass is 10.4. The number of nitrogens with two attached hydrogens (primary N) is 1. The van der Waals surface area contributed by atoms with E-state index in [2.05, 4.69) is 4.72 Å². The Bertz CT molecular complexity index is 279. The fraction of sp³-hybridized carbons (Fsp3) is 0.857. The van der Waals surface area contributed by atoms with Gasteiger partial charge >= 0.3 is 0 Å². The molecule has 14 heavy (non-hydrogen) atoms. The van der Waals surface area contributed by atoms with Gasteiger partial charge in [0.2, 0.25) is 15.9 Å². The number of unbranched alkanes of at least 4 members (excludes halogenated alkanes) is 1. The molecule has 1 atom stereocenters. The average Bonchev–Trinajstić information content (AvgIpc) is 2.03. The van der Waals surface area contributed by atoms with Gasteiger partial charge in [-0.15, -0.1) is 11.6 Å². The van der Waals surface area contributed by atoms with Crippen molar-refractivity contribution in [2.45, 2.75) is 25.8 Å². The van der Waals surface area contributed by atoms with E-state index in [4.69, 9.17) is 17.3 Å². The molecule has 5 nitrogen and oxygen atoms in total. The van der Waals surface area contributed by atoms with Crippen LogP contribution in [0.1, 0.15) is 19.8 Å². The number of rotatable bonds is 7. The molecular formula is C7H15ClN2O3S. The van der Waals surface area contributed by atoms with Crippen LogP contribution in [0.3, 0.4) is 0 Å². The van der Waals surface area contributed by atoms with Gasteiger partial charge in [0.25, 0.3) is 0 Å². The standard InChI is InChI=1S/C7H15ClN2O3S/c1-6(7(9)11)10-14(12,13)5-3-2-4-8/h6,10H,2-5H2,1H3,(H2,9,11). The number of halogens is 1. The quantitative estimate of drug-likeness (QED) is 0.479. The van der Waals surface area contributed by atoms with Gasteiger partial charge in [-0.3, -0.25) is 4.79 Å². The highest BCUT2D eigenvalue weighted by Crippen LogP contribution is 1.97. The molecule has 3 N–H and O–H groups in total. The van der Waals surface area contributed by atoms with Gasteiger partial charge in [-0.05, 0) is 19.8 Å². The van der Waals surface area contributed by atoms with Crippen molar-refractivity contribution in [3.63, 3.8) is 0 Å². The van der Waals surface area contributed by atoms with Crippen molar-refractivity contribution in [1.29, 1.82) is 0 Å². The minimum absolute atomic E-state index is 0.0304. The molecule has 0 fully saturated rings. The zero-order valence-corrected chi connectivity index (χ0v) is 9.57. The Labute approximate surface area is 89.0 Å². The van der Waals surface area contributed by atoms with Crippen LogP contribution in [-0.2, 0) is 14.8 Å². The summed E-state index contributed by atoms with van der Waals surface area (Å²) in [4.78, 5) is 10.6. The number of nitrogens with one attached hydrogen (secondary N) is 1. The highest BCUT2D eigenvalue weighted by molar-refractivity contribution is 7.89. The molecule has 0 saturated carbocycles. The molecule has 7 heteroatoms. The van der Waals surface area contributed by atoms with Crippen LogP contribution < -0.4 is 10.5 Å². The number of carbonyl (C=O) groups excluding carboxylic acids is 1. The zero-order chi connectivity index (χ0) is 11.2. The van der Waals surface area contributed by atoms with E-state index >= 15 is 0 Å². The van der Waals surface area contributed by atoms with Crippen molar-refractivity contribution in [2.24, 2.45) is 5.73 Å². The molecule has 0 rings (SSSR count). The van der Waals surface area contributed by atoms with Crippen molar-refractivity contribution in [1.82, 2.24) is 4.72 Å². The third kappa shape index (κ3) is 6.17. The van der Waals surface area contributed by atoms with Crippen molar-refractivity contribution < 1.29 is 13.2 Å². The summed E-state index contributed by atoms with van der Waals surface area (Å²) >= 11 is 5.40. The fourth-order valence-corrected chi connectivity index (χ4v) is 2.32. The Morgan fingerprint density at radius 2 is 2.07 bits per heavy atom. The zero-order valence-electron chi connectivity index (χ0n) is 7.99. The molecule has 1 unspecified atom stereocenters. The van der Waals surface area contributed by atoms with Crippen molar-refractivity contribution in [3.8, 4) is 0 Å². The summed E-state index contributed by atoms with van der Waals surface area (Å²) in [5.74, 6) is -0.288. The molecule has 0 aliphatic rings. The van der Waals surface area contributed by atoms with Gasteiger partial charge in [-0.1, -0.05) is 0 Å². The van der Waals surface area contributed by atoms with Crippen LogP contribution in [0.25, 0.3) is 0 Å². The molecule has 0 aliphatic carbocycles. The first-order valence-corrected chi connectivity index (χ1v) is 6.43. The summed E-state index contributed by atoms with van der Waals surface area (Å²) in [6.07, 6.45) is 1.11. The van der Waals surface area contributed by atoms with Crippen molar-refractivity contribution >= 4 is 27.5 Å².